The third-order valence-corrected chi connectivity index (χ3v) is 5.06. The van der Waals surface area contributed by atoms with Gasteiger partial charge in [0.15, 0.2) is 5.65 Å². The number of fused-ring (bicyclic) bond motifs is 1. The van der Waals surface area contributed by atoms with Crippen molar-refractivity contribution in [3.8, 4) is 17.0 Å². The van der Waals surface area contributed by atoms with E-state index in [1.165, 1.54) is 11.9 Å². The number of methoxy groups -OCH3 is 1. The Bertz CT molecular complexity index is 1160. The number of nitrogens with zero attached hydrogens (tertiary/aromatic N) is 5. The second-order valence-electron chi connectivity index (χ2n) is 7.79. The van der Waals surface area contributed by atoms with Crippen LogP contribution in [0.4, 0.5) is 5.82 Å². The Morgan fingerprint density at radius 1 is 1.21 bits per heavy atom. The van der Waals surface area contributed by atoms with Crippen LogP contribution in [0.2, 0.25) is 0 Å². The van der Waals surface area contributed by atoms with Gasteiger partial charge >= 0.3 is 0 Å². The van der Waals surface area contributed by atoms with Crippen LogP contribution in [0.25, 0.3) is 22.3 Å². The number of pyridine rings is 2. The van der Waals surface area contributed by atoms with Crippen LogP contribution in [-0.2, 0) is 16.1 Å². The van der Waals surface area contributed by atoms with E-state index in [4.69, 9.17) is 15.2 Å². The highest BCUT2D eigenvalue weighted by atomic mass is 16.5. The molecule has 1 amide bonds. The molecule has 0 unspecified atom stereocenters. The van der Waals surface area contributed by atoms with Gasteiger partial charge < -0.3 is 15.2 Å². The lowest BCUT2D eigenvalue weighted by Gasteiger charge is -2.19. The second-order valence-corrected chi connectivity index (χ2v) is 7.79. The normalized spacial score (nSPS) is 12.0. The molecule has 33 heavy (non-hydrogen) atoms. The summed E-state index contributed by atoms with van der Waals surface area (Å²) in [5.74, 6) is 0.224. The van der Waals surface area contributed by atoms with Crippen molar-refractivity contribution in [2.24, 2.45) is 5.73 Å². The van der Waals surface area contributed by atoms with Crippen molar-refractivity contribution in [2.75, 3.05) is 32.3 Å². The van der Waals surface area contributed by atoms with E-state index >= 15 is 0 Å². The smallest absolute Gasteiger partial charge is 0.294 e. The SMILES string of the molecule is CCCOCCn1c(=O)c(N(C)C(=O)C[C@@H](C)N)nc2ncc(-c3ccc(OC)nc3)cc21. The molecule has 0 radical (unpaired) electrons. The summed E-state index contributed by atoms with van der Waals surface area (Å²) >= 11 is 0. The molecule has 3 aromatic rings. The standard InChI is InChI=1S/C23H30N6O4/c1-5-9-33-10-8-29-18-12-17(16-6-7-19(32-4)25-13-16)14-26-21(18)27-22(23(29)31)28(3)20(30)11-15(2)24/h6-7,12-15H,5,8-11,24H2,1-4H3/t15-/m1/s1. The van der Waals surface area contributed by atoms with Crippen molar-refractivity contribution >= 4 is 22.9 Å². The molecule has 0 saturated heterocycles. The molecule has 0 aliphatic heterocycles. The van der Waals surface area contributed by atoms with Crippen molar-refractivity contribution in [3.63, 3.8) is 0 Å². The van der Waals surface area contributed by atoms with E-state index in [2.05, 4.69) is 15.0 Å². The summed E-state index contributed by atoms with van der Waals surface area (Å²) in [6, 6.07) is 5.13. The van der Waals surface area contributed by atoms with Crippen molar-refractivity contribution in [1.82, 2.24) is 19.5 Å². The molecule has 0 fully saturated rings. The summed E-state index contributed by atoms with van der Waals surface area (Å²) < 4.78 is 12.3. The Morgan fingerprint density at radius 2 is 1.97 bits per heavy atom. The minimum atomic E-state index is -0.394. The van der Waals surface area contributed by atoms with Gasteiger partial charge in [-0.15, -0.1) is 0 Å². The first-order chi connectivity index (χ1) is 15.8. The lowest BCUT2D eigenvalue weighted by Crippen LogP contribution is -2.38. The number of rotatable bonds is 10. The highest BCUT2D eigenvalue weighted by molar-refractivity contribution is 5.93. The van der Waals surface area contributed by atoms with Crippen LogP contribution in [0.1, 0.15) is 26.7 Å². The molecule has 2 N–H and O–H groups in total. The van der Waals surface area contributed by atoms with E-state index in [-0.39, 0.29) is 24.2 Å². The quantitative estimate of drug-likeness (QED) is 0.461. The largest absolute Gasteiger partial charge is 0.481 e. The zero-order chi connectivity index (χ0) is 24.0. The molecule has 1 atom stereocenters. The van der Waals surface area contributed by atoms with Gasteiger partial charge in [0, 0.05) is 62.2 Å². The van der Waals surface area contributed by atoms with Gasteiger partial charge in [0.2, 0.25) is 17.6 Å². The average Bonchev–Trinajstić information content (AvgIpc) is 2.81. The van der Waals surface area contributed by atoms with E-state index in [1.54, 1.807) is 37.1 Å². The van der Waals surface area contributed by atoms with Gasteiger partial charge in [-0.2, -0.15) is 0 Å². The fraction of sp³-hybridized carbons (Fsp3) is 0.435. The number of aromatic nitrogens is 4. The Labute approximate surface area is 192 Å². The van der Waals surface area contributed by atoms with Crippen molar-refractivity contribution in [1.29, 1.82) is 0 Å². The lowest BCUT2D eigenvalue weighted by atomic mass is 10.1. The first-order valence-electron chi connectivity index (χ1n) is 10.9. The third kappa shape index (κ3) is 5.71. The summed E-state index contributed by atoms with van der Waals surface area (Å²) in [6.45, 7) is 4.99. The minimum absolute atomic E-state index is 0.00926. The molecule has 10 heteroatoms. The Kier molecular flexibility index (Phi) is 8.07. The Hall–Kier alpha value is -3.37. The van der Waals surface area contributed by atoms with Gasteiger partial charge in [0.1, 0.15) is 0 Å². The summed E-state index contributed by atoms with van der Waals surface area (Å²) in [6.07, 6.45) is 4.32. The predicted molar refractivity (Wildman–Crippen MR) is 126 cm³/mol. The summed E-state index contributed by atoms with van der Waals surface area (Å²) in [5, 5.41) is 0. The number of nitrogens with two attached hydrogens (primary N) is 1. The Balaban J connectivity index is 2.08. The van der Waals surface area contributed by atoms with Gasteiger partial charge in [-0.1, -0.05) is 6.92 Å². The third-order valence-electron chi connectivity index (χ3n) is 5.06. The fourth-order valence-corrected chi connectivity index (χ4v) is 3.31. The van der Waals surface area contributed by atoms with Crippen molar-refractivity contribution < 1.29 is 14.3 Å². The van der Waals surface area contributed by atoms with Gasteiger partial charge in [0.05, 0.1) is 19.2 Å². The maximum atomic E-state index is 13.4. The van der Waals surface area contributed by atoms with Crippen LogP contribution in [0.3, 0.4) is 0 Å². The lowest BCUT2D eigenvalue weighted by molar-refractivity contribution is -0.118. The molecule has 3 heterocycles. The molecule has 176 valence electrons. The number of ether oxygens (including phenoxy) is 2. The zero-order valence-electron chi connectivity index (χ0n) is 19.4. The molecule has 0 saturated carbocycles. The van der Waals surface area contributed by atoms with Crippen LogP contribution < -0.4 is 20.9 Å². The summed E-state index contributed by atoms with van der Waals surface area (Å²) in [7, 11) is 3.08. The molecule has 0 aromatic carbocycles. The number of hydrogen-bond acceptors (Lipinski definition) is 8. The van der Waals surface area contributed by atoms with Gasteiger partial charge in [-0.25, -0.2) is 15.0 Å². The topological polar surface area (TPSA) is 125 Å². The van der Waals surface area contributed by atoms with E-state index in [0.717, 1.165) is 17.5 Å². The summed E-state index contributed by atoms with van der Waals surface area (Å²) in [5.41, 5.74) is 7.86. The fourth-order valence-electron chi connectivity index (χ4n) is 3.31. The van der Waals surface area contributed by atoms with Gasteiger partial charge in [0.25, 0.3) is 5.56 Å². The molecular weight excluding hydrogens is 424 g/mol. The minimum Gasteiger partial charge on any atom is -0.481 e. The van der Waals surface area contributed by atoms with E-state index in [1.807, 2.05) is 19.1 Å². The molecule has 3 rings (SSSR count). The van der Waals surface area contributed by atoms with Crippen molar-refractivity contribution in [2.45, 2.75) is 39.3 Å². The van der Waals surface area contributed by atoms with Crippen LogP contribution >= 0.6 is 0 Å². The zero-order valence-corrected chi connectivity index (χ0v) is 19.4. The molecule has 0 bridgehead atoms. The maximum Gasteiger partial charge on any atom is 0.294 e. The molecule has 0 aliphatic rings. The number of hydrogen-bond donors (Lipinski definition) is 1. The van der Waals surface area contributed by atoms with E-state index in [9.17, 15) is 9.59 Å². The van der Waals surface area contributed by atoms with Gasteiger partial charge in [-0.05, 0) is 25.5 Å². The van der Waals surface area contributed by atoms with Crippen LogP contribution in [0, 0.1) is 0 Å². The molecule has 10 nitrogen and oxygen atoms in total. The van der Waals surface area contributed by atoms with E-state index in [0.29, 0.717) is 36.8 Å². The number of carbonyl (C=O) groups excluding carboxylic acids is 1. The van der Waals surface area contributed by atoms with E-state index < -0.39 is 5.56 Å². The predicted octanol–water partition coefficient (Wildman–Crippen LogP) is 1.99. The molecular formula is C23H30N6O4. The first-order valence-corrected chi connectivity index (χ1v) is 10.9. The highest BCUT2D eigenvalue weighted by Gasteiger charge is 2.21. The van der Waals surface area contributed by atoms with Crippen LogP contribution in [-0.4, -0.2) is 58.8 Å². The highest BCUT2D eigenvalue weighted by Crippen LogP contribution is 2.23. The first kappa shape index (κ1) is 24.3. The van der Waals surface area contributed by atoms with Crippen LogP contribution in [0.5, 0.6) is 5.88 Å². The average molecular weight is 455 g/mol. The van der Waals surface area contributed by atoms with Crippen molar-refractivity contribution in [3.05, 3.63) is 40.9 Å². The van der Waals surface area contributed by atoms with Crippen LogP contribution in [0.15, 0.2) is 35.4 Å². The van der Waals surface area contributed by atoms with Gasteiger partial charge in [-0.3, -0.25) is 19.1 Å². The number of anilines is 1. The molecule has 3 aromatic heterocycles. The molecule has 0 spiro atoms. The second kappa shape index (κ2) is 11.0. The number of carbonyl (C=O) groups is 1. The Morgan fingerprint density at radius 3 is 2.61 bits per heavy atom. The monoisotopic (exact) mass is 454 g/mol. The maximum absolute atomic E-state index is 13.4. The molecule has 0 aliphatic carbocycles. The number of amides is 1. The summed E-state index contributed by atoms with van der Waals surface area (Å²) in [4.78, 5) is 40.3.